The largest absolute Gasteiger partial charge is 0.478 e. The van der Waals surface area contributed by atoms with Crippen LogP contribution < -0.4 is 5.32 Å². The highest BCUT2D eigenvalue weighted by Gasteiger charge is 2.36. The van der Waals surface area contributed by atoms with Crippen molar-refractivity contribution >= 4 is 5.97 Å². The van der Waals surface area contributed by atoms with Crippen LogP contribution >= 0.6 is 0 Å². The molecule has 0 aromatic carbocycles. The molecule has 1 saturated carbocycles. The van der Waals surface area contributed by atoms with Gasteiger partial charge in [0.15, 0.2) is 0 Å². The average Bonchev–Trinajstić information content (AvgIpc) is 2.97. The number of nitrogens with one attached hydrogen (secondary N) is 1. The van der Waals surface area contributed by atoms with Crippen molar-refractivity contribution < 1.29 is 9.90 Å². The fourth-order valence-corrected chi connectivity index (χ4v) is 1.55. The van der Waals surface area contributed by atoms with Crippen molar-refractivity contribution in [3.05, 3.63) is 23.8 Å². The molecule has 1 aromatic heterocycles. The van der Waals surface area contributed by atoms with Gasteiger partial charge in [-0.1, -0.05) is 6.92 Å². The lowest BCUT2D eigenvalue weighted by molar-refractivity contribution is 0.0694. The Morgan fingerprint density at radius 1 is 1.62 bits per heavy atom. The fraction of sp³-hybridized carbons (Fsp3) is 0.545. The summed E-state index contributed by atoms with van der Waals surface area (Å²) in [5.74, 6) is -0.977. The molecule has 1 heterocycles. The molecular formula is C11H15N3O2. The van der Waals surface area contributed by atoms with E-state index in [2.05, 4.69) is 22.2 Å². The molecule has 2 N–H and O–H groups in total. The molecule has 86 valence electrons. The molecule has 0 atom stereocenters. The molecule has 0 radical (unpaired) electrons. The molecular weight excluding hydrogens is 206 g/mol. The minimum atomic E-state index is -0.977. The van der Waals surface area contributed by atoms with E-state index in [1.165, 1.54) is 25.4 Å². The molecule has 0 spiro atoms. The maximum absolute atomic E-state index is 10.9. The molecule has 0 amide bonds. The predicted octanol–water partition coefficient (Wildman–Crippen LogP) is 1.06. The number of aromatic nitrogens is 2. The topological polar surface area (TPSA) is 75.1 Å². The van der Waals surface area contributed by atoms with Gasteiger partial charge in [0.05, 0.1) is 5.69 Å². The van der Waals surface area contributed by atoms with Crippen molar-refractivity contribution in [2.24, 2.45) is 5.41 Å². The maximum atomic E-state index is 10.9. The molecule has 1 aliphatic carbocycles. The maximum Gasteiger partial charge on any atom is 0.339 e. The van der Waals surface area contributed by atoms with Crippen LogP contribution in [0.15, 0.2) is 12.5 Å². The first-order valence-corrected chi connectivity index (χ1v) is 5.34. The van der Waals surface area contributed by atoms with Gasteiger partial charge in [0.2, 0.25) is 0 Å². The minimum absolute atomic E-state index is 0.177. The summed E-state index contributed by atoms with van der Waals surface area (Å²) in [6.07, 6.45) is 5.21. The lowest BCUT2D eigenvalue weighted by Gasteiger charge is -2.10. The van der Waals surface area contributed by atoms with Gasteiger partial charge in [-0.15, -0.1) is 0 Å². The van der Waals surface area contributed by atoms with E-state index in [0.717, 1.165) is 6.54 Å². The third-order valence-corrected chi connectivity index (χ3v) is 2.97. The van der Waals surface area contributed by atoms with Crippen LogP contribution in [0.3, 0.4) is 0 Å². The van der Waals surface area contributed by atoms with E-state index < -0.39 is 5.97 Å². The lowest BCUT2D eigenvalue weighted by atomic mass is 10.1. The van der Waals surface area contributed by atoms with Crippen LogP contribution in [-0.4, -0.2) is 27.6 Å². The summed E-state index contributed by atoms with van der Waals surface area (Å²) < 4.78 is 0. The summed E-state index contributed by atoms with van der Waals surface area (Å²) >= 11 is 0. The molecule has 1 aliphatic rings. The molecule has 5 nitrogen and oxygen atoms in total. The molecule has 0 aliphatic heterocycles. The Kier molecular flexibility index (Phi) is 2.87. The van der Waals surface area contributed by atoms with Gasteiger partial charge in [-0.3, -0.25) is 0 Å². The number of nitrogens with zero attached hydrogens (tertiary/aromatic N) is 2. The van der Waals surface area contributed by atoms with Crippen LogP contribution in [0.1, 0.15) is 35.8 Å². The molecule has 0 bridgehead atoms. The fourth-order valence-electron chi connectivity index (χ4n) is 1.55. The first kappa shape index (κ1) is 11.0. The molecule has 0 unspecified atom stereocenters. The second-order valence-corrected chi connectivity index (χ2v) is 4.60. The van der Waals surface area contributed by atoms with E-state index >= 15 is 0 Å². The Balaban J connectivity index is 1.95. The Hall–Kier alpha value is -1.49. The summed E-state index contributed by atoms with van der Waals surface area (Å²) in [4.78, 5) is 18.6. The van der Waals surface area contributed by atoms with Crippen LogP contribution in [0, 0.1) is 5.41 Å². The SMILES string of the molecule is CC1(CNCc2ncncc2C(=O)O)CC1. The predicted molar refractivity (Wildman–Crippen MR) is 58.0 cm³/mol. The Bertz CT molecular complexity index is 402. The number of carboxylic acid groups (broad SMARTS) is 1. The van der Waals surface area contributed by atoms with Crippen molar-refractivity contribution in [3.63, 3.8) is 0 Å². The lowest BCUT2D eigenvalue weighted by Crippen LogP contribution is -2.23. The molecule has 1 fully saturated rings. The van der Waals surface area contributed by atoms with E-state index in [1.807, 2.05) is 0 Å². The van der Waals surface area contributed by atoms with E-state index in [0.29, 0.717) is 17.7 Å². The normalized spacial score (nSPS) is 17.1. The van der Waals surface area contributed by atoms with Gasteiger partial charge in [0.1, 0.15) is 11.9 Å². The molecule has 1 aromatic rings. The monoisotopic (exact) mass is 221 g/mol. The van der Waals surface area contributed by atoms with Crippen molar-refractivity contribution in [1.82, 2.24) is 15.3 Å². The number of hydrogen-bond donors (Lipinski definition) is 2. The van der Waals surface area contributed by atoms with Crippen molar-refractivity contribution in [2.45, 2.75) is 26.3 Å². The highest BCUT2D eigenvalue weighted by molar-refractivity contribution is 5.88. The summed E-state index contributed by atoms with van der Waals surface area (Å²) in [6.45, 7) is 3.62. The number of hydrogen-bond acceptors (Lipinski definition) is 4. The van der Waals surface area contributed by atoms with E-state index in [9.17, 15) is 4.79 Å². The zero-order valence-corrected chi connectivity index (χ0v) is 9.23. The van der Waals surface area contributed by atoms with Crippen LogP contribution in [0.2, 0.25) is 0 Å². The number of carboxylic acids is 1. The summed E-state index contributed by atoms with van der Waals surface area (Å²) in [7, 11) is 0. The minimum Gasteiger partial charge on any atom is -0.478 e. The highest BCUT2D eigenvalue weighted by Crippen LogP contribution is 2.44. The first-order chi connectivity index (χ1) is 7.61. The second-order valence-electron chi connectivity index (χ2n) is 4.60. The van der Waals surface area contributed by atoms with Crippen molar-refractivity contribution in [1.29, 1.82) is 0 Å². The van der Waals surface area contributed by atoms with E-state index in [1.54, 1.807) is 0 Å². The molecule has 5 heteroatoms. The summed E-state index contributed by atoms with van der Waals surface area (Å²) in [5.41, 5.74) is 1.14. The van der Waals surface area contributed by atoms with Crippen LogP contribution in [-0.2, 0) is 6.54 Å². The number of rotatable bonds is 5. The van der Waals surface area contributed by atoms with Gasteiger partial charge < -0.3 is 10.4 Å². The molecule has 0 saturated heterocycles. The zero-order chi connectivity index (χ0) is 11.6. The standard InChI is InChI=1S/C11H15N3O2/c1-11(2-3-11)6-12-5-9-8(10(15)16)4-13-7-14-9/h4,7,12H,2-3,5-6H2,1H3,(H,15,16). The zero-order valence-electron chi connectivity index (χ0n) is 9.23. The number of aromatic carboxylic acids is 1. The van der Waals surface area contributed by atoms with Gasteiger partial charge in [-0.25, -0.2) is 14.8 Å². The first-order valence-electron chi connectivity index (χ1n) is 5.34. The van der Waals surface area contributed by atoms with Gasteiger partial charge in [0, 0.05) is 19.3 Å². The Morgan fingerprint density at radius 3 is 3.00 bits per heavy atom. The summed E-state index contributed by atoms with van der Waals surface area (Å²) in [6, 6.07) is 0. The second kappa shape index (κ2) is 4.17. The summed E-state index contributed by atoms with van der Waals surface area (Å²) in [5, 5.41) is 12.2. The smallest absolute Gasteiger partial charge is 0.339 e. The third-order valence-electron chi connectivity index (χ3n) is 2.97. The quantitative estimate of drug-likeness (QED) is 0.777. The van der Waals surface area contributed by atoms with E-state index in [4.69, 9.17) is 5.11 Å². The molecule has 16 heavy (non-hydrogen) atoms. The van der Waals surface area contributed by atoms with E-state index in [-0.39, 0.29) is 5.56 Å². The third kappa shape index (κ3) is 2.55. The van der Waals surface area contributed by atoms with Crippen LogP contribution in [0.25, 0.3) is 0 Å². The van der Waals surface area contributed by atoms with Crippen LogP contribution in [0.5, 0.6) is 0 Å². The Morgan fingerprint density at radius 2 is 2.38 bits per heavy atom. The van der Waals surface area contributed by atoms with Gasteiger partial charge in [0.25, 0.3) is 0 Å². The van der Waals surface area contributed by atoms with Crippen molar-refractivity contribution in [3.8, 4) is 0 Å². The molecule has 2 rings (SSSR count). The van der Waals surface area contributed by atoms with Gasteiger partial charge >= 0.3 is 5.97 Å². The average molecular weight is 221 g/mol. The van der Waals surface area contributed by atoms with Gasteiger partial charge in [-0.05, 0) is 18.3 Å². The van der Waals surface area contributed by atoms with Crippen molar-refractivity contribution in [2.75, 3.05) is 6.54 Å². The highest BCUT2D eigenvalue weighted by atomic mass is 16.4. The van der Waals surface area contributed by atoms with Gasteiger partial charge in [-0.2, -0.15) is 0 Å². The number of carbonyl (C=O) groups is 1. The van der Waals surface area contributed by atoms with Crippen LogP contribution in [0.4, 0.5) is 0 Å². The Labute approximate surface area is 93.9 Å².